The van der Waals surface area contributed by atoms with Gasteiger partial charge in [-0.3, -0.25) is 9.13 Å². The molecule has 4 rings (SSSR count). The third-order valence-corrected chi connectivity index (χ3v) is 4.95. The molecule has 0 saturated heterocycles. The van der Waals surface area contributed by atoms with E-state index in [0.29, 0.717) is 32.7 Å². The maximum absolute atomic E-state index is 13.3. The summed E-state index contributed by atoms with van der Waals surface area (Å²) in [5, 5.41) is 0.988. The van der Waals surface area contributed by atoms with E-state index in [9.17, 15) is 18.0 Å². The van der Waals surface area contributed by atoms with Crippen LogP contribution in [-0.4, -0.2) is 15.5 Å². The van der Waals surface area contributed by atoms with Crippen LogP contribution in [0.5, 0.6) is 5.75 Å². The summed E-state index contributed by atoms with van der Waals surface area (Å²) in [7, 11) is 0. The SMILES string of the molecule is O=c1n(-c2ccc(Cl)cc2)cc(-c2cccc(OC(F)(F)F)c2)n1-c1ccc(Cl)cc1. The van der Waals surface area contributed by atoms with Crippen LogP contribution in [0, 0.1) is 0 Å². The number of benzene rings is 3. The Labute approximate surface area is 184 Å². The summed E-state index contributed by atoms with van der Waals surface area (Å²) < 4.78 is 44.8. The fraction of sp³-hybridized carbons (Fsp3) is 0.0455. The van der Waals surface area contributed by atoms with Gasteiger partial charge in [0.1, 0.15) is 5.75 Å². The van der Waals surface area contributed by atoms with Crippen molar-refractivity contribution in [3.8, 4) is 28.4 Å². The van der Waals surface area contributed by atoms with Crippen LogP contribution in [0.1, 0.15) is 0 Å². The first-order chi connectivity index (χ1) is 14.7. The molecule has 9 heteroatoms. The standard InChI is InChI=1S/C22H13Cl2F3N2O2/c23-15-4-8-17(9-5-15)28-13-20(14-2-1-3-19(12-14)31-22(25,26)27)29(21(28)30)18-10-6-16(24)7-11-18/h1-13H. The molecular weight excluding hydrogens is 452 g/mol. The lowest BCUT2D eigenvalue weighted by Gasteiger charge is -2.11. The molecule has 0 spiro atoms. The highest BCUT2D eigenvalue weighted by atomic mass is 35.5. The summed E-state index contributed by atoms with van der Waals surface area (Å²) in [6.45, 7) is 0. The Morgan fingerprint density at radius 1 is 0.806 bits per heavy atom. The van der Waals surface area contributed by atoms with Gasteiger partial charge in [0, 0.05) is 21.8 Å². The lowest BCUT2D eigenvalue weighted by Crippen LogP contribution is -2.22. The predicted octanol–water partition coefficient (Wildman–Crippen LogP) is 6.50. The number of aromatic nitrogens is 2. The molecule has 0 saturated carbocycles. The Balaban J connectivity index is 1.92. The van der Waals surface area contributed by atoms with Crippen molar-refractivity contribution < 1.29 is 17.9 Å². The molecule has 0 aliphatic carbocycles. The molecule has 0 unspecified atom stereocenters. The molecule has 1 heterocycles. The van der Waals surface area contributed by atoms with Gasteiger partial charge in [-0.1, -0.05) is 35.3 Å². The zero-order valence-electron chi connectivity index (χ0n) is 15.6. The van der Waals surface area contributed by atoms with Crippen LogP contribution in [0.2, 0.25) is 10.0 Å². The highest BCUT2D eigenvalue weighted by Gasteiger charge is 2.31. The van der Waals surface area contributed by atoms with Gasteiger partial charge in [-0.25, -0.2) is 4.79 Å². The van der Waals surface area contributed by atoms with Crippen molar-refractivity contribution in [2.75, 3.05) is 0 Å². The van der Waals surface area contributed by atoms with Gasteiger partial charge in [-0.2, -0.15) is 0 Å². The lowest BCUT2D eigenvalue weighted by molar-refractivity contribution is -0.274. The molecule has 1 aromatic heterocycles. The molecule has 0 bridgehead atoms. The quantitative estimate of drug-likeness (QED) is 0.345. The second-order valence-electron chi connectivity index (χ2n) is 6.53. The van der Waals surface area contributed by atoms with E-state index in [1.165, 1.54) is 27.3 Å². The van der Waals surface area contributed by atoms with E-state index in [1.54, 1.807) is 60.8 Å². The average Bonchev–Trinajstić information content (AvgIpc) is 3.05. The summed E-state index contributed by atoms with van der Waals surface area (Å²) in [4.78, 5) is 13.3. The molecule has 0 aliphatic heterocycles. The predicted molar refractivity (Wildman–Crippen MR) is 114 cm³/mol. The normalized spacial score (nSPS) is 11.5. The van der Waals surface area contributed by atoms with Gasteiger partial charge in [-0.05, 0) is 60.7 Å². The first-order valence-electron chi connectivity index (χ1n) is 8.94. The van der Waals surface area contributed by atoms with Crippen molar-refractivity contribution in [2.24, 2.45) is 0 Å². The Bertz CT molecular complexity index is 1280. The maximum Gasteiger partial charge on any atom is 0.573 e. The minimum absolute atomic E-state index is 0.363. The highest BCUT2D eigenvalue weighted by molar-refractivity contribution is 6.30. The molecular formula is C22H13Cl2F3N2O2. The molecule has 0 fully saturated rings. The van der Waals surface area contributed by atoms with E-state index in [0.717, 1.165) is 0 Å². The number of rotatable bonds is 4. The molecule has 158 valence electrons. The Morgan fingerprint density at radius 3 is 1.97 bits per heavy atom. The first kappa shape index (κ1) is 21.1. The number of hydrogen-bond donors (Lipinski definition) is 0. The zero-order chi connectivity index (χ0) is 22.2. The summed E-state index contributed by atoms with van der Waals surface area (Å²) >= 11 is 11.9. The van der Waals surface area contributed by atoms with Crippen LogP contribution in [0.15, 0.2) is 83.8 Å². The Morgan fingerprint density at radius 2 is 1.39 bits per heavy atom. The Kier molecular flexibility index (Phi) is 5.56. The number of hydrogen-bond acceptors (Lipinski definition) is 2. The van der Waals surface area contributed by atoms with Gasteiger partial charge in [0.15, 0.2) is 0 Å². The van der Waals surface area contributed by atoms with Crippen LogP contribution < -0.4 is 10.4 Å². The van der Waals surface area contributed by atoms with E-state index >= 15 is 0 Å². The molecule has 4 nitrogen and oxygen atoms in total. The van der Waals surface area contributed by atoms with E-state index in [1.807, 2.05) is 0 Å². The highest BCUT2D eigenvalue weighted by Crippen LogP contribution is 2.30. The third kappa shape index (κ3) is 4.62. The fourth-order valence-electron chi connectivity index (χ4n) is 3.13. The molecule has 4 aromatic rings. The molecule has 0 radical (unpaired) electrons. The second kappa shape index (κ2) is 8.17. The second-order valence-corrected chi connectivity index (χ2v) is 7.40. The van der Waals surface area contributed by atoms with Crippen LogP contribution in [0.25, 0.3) is 22.6 Å². The summed E-state index contributed by atoms with van der Waals surface area (Å²) in [6, 6.07) is 18.6. The molecule has 0 aliphatic rings. The number of halogens is 5. The van der Waals surface area contributed by atoms with Gasteiger partial charge < -0.3 is 4.74 Å². The topological polar surface area (TPSA) is 36.2 Å². The first-order valence-corrected chi connectivity index (χ1v) is 9.69. The minimum atomic E-state index is -4.83. The smallest absolute Gasteiger partial charge is 0.406 e. The van der Waals surface area contributed by atoms with Gasteiger partial charge in [-0.15, -0.1) is 13.2 Å². The van der Waals surface area contributed by atoms with Crippen molar-refractivity contribution >= 4 is 23.2 Å². The summed E-state index contributed by atoms with van der Waals surface area (Å²) in [5.41, 5.74) is 1.36. The van der Waals surface area contributed by atoms with Gasteiger partial charge in [0.2, 0.25) is 0 Å². The number of alkyl halides is 3. The minimum Gasteiger partial charge on any atom is -0.406 e. The van der Waals surface area contributed by atoms with Crippen LogP contribution in [0.4, 0.5) is 13.2 Å². The average molecular weight is 465 g/mol. The van der Waals surface area contributed by atoms with Crippen molar-refractivity contribution in [3.63, 3.8) is 0 Å². The molecule has 0 amide bonds. The number of ether oxygens (including phenoxy) is 1. The maximum atomic E-state index is 13.3. The van der Waals surface area contributed by atoms with E-state index < -0.39 is 12.1 Å². The van der Waals surface area contributed by atoms with Gasteiger partial charge in [0.05, 0.1) is 17.1 Å². The van der Waals surface area contributed by atoms with Crippen LogP contribution in [-0.2, 0) is 0 Å². The zero-order valence-corrected chi connectivity index (χ0v) is 17.1. The van der Waals surface area contributed by atoms with E-state index in [2.05, 4.69) is 4.74 Å². The van der Waals surface area contributed by atoms with Crippen LogP contribution in [0.3, 0.4) is 0 Å². The van der Waals surface area contributed by atoms with Gasteiger partial charge >= 0.3 is 12.1 Å². The third-order valence-electron chi connectivity index (χ3n) is 4.44. The van der Waals surface area contributed by atoms with Crippen molar-refractivity contribution in [1.29, 1.82) is 0 Å². The fourth-order valence-corrected chi connectivity index (χ4v) is 3.38. The van der Waals surface area contributed by atoms with Crippen LogP contribution >= 0.6 is 23.2 Å². The number of imidazole rings is 1. The van der Waals surface area contributed by atoms with E-state index in [4.69, 9.17) is 23.2 Å². The van der Waals surface area contributed by atoms with Crippen molar-refractivity contribution in [2.45, 2.75) is 6.36 Å². The number of nitrogens with zero attached hydrogens (tertiary/aromatic N) is 2. The van der Waals surface area contributed by atoms with Gasteiger partial charge in [0.25, 0.3) is 0 Å². The molecule has 0 atom stereocenters. The van der Waals surface area contributed by atoms with Crippen molar-refractivity contribution in [3.05, 3.63) is 99.5 Å². The largest absolute Gasteiger partial charge is 0.573 e. The molecule has 3 aromatic carbocycles. The molecule has 31 heavy (non-hydrogen) atoms. The summed E-state index contributed by atoms with van der Waals surface area (Å²) in [5.74, 6) is -0.389. The monoisotopic (exact) mass is 464 g/mol. The van der Waals surface area contributed by atoms with Crippen molar-refractivity contribution in [1.82, 2.24) is 9.13 Å². The molecule has 0 N–H and O–H groups in total. The Hall–Kier alpha value is -3.16. The lowest BCUT2D eigenvalue weighted by atomic mass is 10.1. The summed E-state index contributed by atoms with van der Waals surface area (Å²) in [6.07, 6.45) is -3.28. The van der Waals surface area contributed by atoms with E-state index in [-0.39, 0.29) is 5.75 Å².